The van der Waals surface area contributed by atoms with Crippen molar-refractivity contribution in [2.45, 2.75) is 19.4 Å². The van der Waals surface area contributed by atoms with Crippen LogP contribution >= 0.6 is 27.7 Å². The fourth-order valence-corrected chi connectivity index (χ4v) is 5.18. The number of aromatic nitrogens is 1. The zero-order chi connectivity index (χ0) is 24.8. The monoisotopic (exact) mass is 555 g/mol. The molecule has 0 bridgehead atoms. The van der Waals surface area contributed by atoms with Gasteiger partial charge in [-0.05, 0) is 54.4 Å². The Bertz CT molecular complexity index is 1270. The van der Waals surface area contributed by atoms with Crippen LogP contribution in [0.5, 0.6) is 0 Å². The largest absolute Gasteiger partial charge is 0.383 e. The van der Waals surface area contributed by atoms with E-state index in [2.05, 4.69) is 21.2 Å². The first-order valence-electron chi connectivity index (χ1n) is 11.3. The van der Waals surface area contributed by atoms with E-state index < -0.39 is 0 Å². The second kappa shape index (κ2) is 11.7. The summed E-state index contributed by atoms with van der Waals surface area (Å²) in [6.07, 6.45) is 5.10. The molecule has 9 heteroatoms. The predicted octanol–water partition coefficient (Wildman–Crippen LogP) is 4.84. The molecule has 0 saturated carbocycles. The van der Waals surface area contributed by atoms with Gasteiger partial charge >= 0.3 is 0 Å². The van der Waals surface area contributed by atoms with E-state index in [1.807, 2.05) is 59.3 Å². The Morgan fingerprint density at radius 2 is 1.97 bits per heavy atom. The predicted molar refractivity (Wildman–Crippen MR) is 142 cm³/mol. The lowest BCUT2D eigenvalue weighted by molar-refractivity contribution is -0.123. The Labute approximate surface area is 216 Å². The van der Waals surface area contributed by atoms with Crippen molar-refractivity contribution >= 4 is 61.7 Å². The van der Waals surface area contributed by atoms with Crippen molar-refractivity contribution in [3.63, 3.8) is 0 Å². The molecule has 4 rings (SSSR count). The average molecular weight is 556 g/mol. The standard InChI is InChI=1S/C26H26BrN3O4S/c1-34-13-11-28-24(31)17-29-16-19(21-15-20(27)9-10-22(21)29)14-23-25(32)30(26(33)35-23)12-5-8-18-6-3-2-4-7-18/h2-4,6-7,9-10,14-16H,5,8,11-13,17H2,1H3,(H,28,31)/b23-14-. The maximum Gasteiger partial charge on any atom is 0.293 e. The molecule has 2 aromatic carbocycles. The Kier molecular flexibility index (Phi) is 8.43. The minimum atomic E-state index is -0.277. The number of imide groups is 1. The molecule has 7 nitrogen and oxygen atoms in total. The second-order valence-electron chi connectivity index (χ2n) is 8.14. The normalized spacial score (nSPS) is 14.9. The number of methoxy groups -OCH3 is 1. The number of carbonyl (C=O) groups is 3. The molecule has 0 spiro atoms. The van der Waals surface area contributed by atoms with Crippen LogP contribution in [0.4, 0.5) is 4.79 Å². The number of nitrogens with zero attached hydrogens (tertiary/aromatic N) is 2. The Morgan fingerprint density at radius 1 is 1.17 bits per heavy atom. The number of ether oxygens (including phenoxy) is 1. The van der Waals surface area contributed by atoms with Gasteiger partial charge in [0.05, 0.1) is 11.5 Å². The summed E-state index contributed by atoms with van der Waals surface area (Å²) in [6.45, 7) is 1.39. The van der Waals surface area contributed by atoms with Crippen LogP contribution in [-0.2, 0) is 27.3 Å². The molecule has 35 heavy (non-hydrogen) atoms. The molecular weight excluding hydrogens is 530 g/mol. The highest BCUT2D eigenvalue weighted by atomic mass is 79.9. The summed E-state index contributed by atoms with van der Waals surface area (Å²) >= 11 is 4.46. The fraction of sp³-hybridized carbons (Fsp3) is 0.269. The van der Waals surface area contributed by atoms with Gasteiger partial charge in [0.15, 0.2) is 0 Å². The van der Waals surface area contributed by atoms with Crippen molar-refractivity contribution < 1.29 is 19.1 Å². The number of halogens is 1. The summed E-state index contributed by atoms with van der Waals surface area (Å²) in [7, 11) is 1.58. The van der Waals surface area contributed by atoms with Crippen LogP contribution in [0.15, 0.2) is 64.1 Å². The number of amides is 3. The number of rotatable bonds is 10. The number of hydrogen-bond donors (Lipinski definition) is 1. The summed E-state index contributed by atoms with van der Waals surface area (Å²) in [4.78, 5) is 39.7. The maximum absolute atomic E-state index is 13.0. The smallest absolute Gasteiger partial charge is 0.293 e. The van der Waals surface area contributed by atoms with E-state index in [0.717, 1.165) is 39.1 Å². The molecule has 0 aliphatic carbocycles. The first-order valence-corrected chi connectivity index (χ1v) is 12.9. The van der Waals surface area contributed by atoms with Gasteiger partial charge in [-0.25, -0.2) is 0 Å². The molecule has 1 saturated heterocycles. The van der Waals surface area contributed by atoms with Gasteiger partial charge in [-0.1, -0.05) is 46.3 Å². The van der Waals surface area contributed by atoms with E-state index >= 15 is 0 Å². The van der Waals surface area contributed by atoms with Crippen LogP contribution in [0.25, 0.3) is 17.0 Å². The van der Waals surface area contributed by atoms with Gasteiger partial charge in [-0.15, -0.1) is 0 Å². The zero-order valence-electron chi connectivity index (χ0n) is 19.3. The maximum atomic E-state index is 13.0. The van der Waals surface area contributed by atoms with Crippen molar-refractivity contribution in [2.24, 2.45) is 0 Å². The third-order valence-electron chi connectivity index (χ3n) is 5.67. The molecule has 1 aliphatic rings. The number of aryl methyl sites for hydroxylation is 1. The molecule has 1 aromatic heterocycles. The molecule has 0 atom stereocenters. The number of carbonyl (C=O) groups excluding carboxylic acids is 3. The van der Waals surface area contributed by atoms with E-state index in [1.54, 1.807) is 13.2 Å². The Balaban J connectivity index is 1.51. The highest BCUT2D eigenvalue weighted by Gasteiger charge is 2.34. The zero-order valence-corrected chi connectivity index (χ0v) is 21.7. The Hall–Kier alpha value is -2.88. The molecule has 0 radical (unpaired) electrons. The van der Waals surface area contributed by atoms with E-state index in [9.17, 15) is 14.4 Å². The third kappa shape index (κ3) is 6.22. The molecule has 1 fully saturated rings. The molecule has 1 N–H and O–H groups in total. The topological polar surface area (TPSA) is 80.6 Å². The quantitative estimate of drug-likeness (QED) is 0.286. The van der Waals surface area contributed by atoms with E-state index in [-0.39, 0.29) is 23.6 Å². The lowest BCUT2D eigenvalue weighted by Crippen LogP contribution is -2.30. The van der Waals surface area contributed by atoms with Gasteiger partial charge in [-0.2, -0.15) is 0 Å². The summed E-state index contributed by atoms with van der Waals surface area (Å²) in [5.74, 6) is -0.409. The van der Waals surface area contributed by atoms with Crippen molar-refractivity contribution in [1.29, 1.82) is 0 Å². The van der Waals surface area contributed by atoms with Crippen LogP contribution in [0, 0.1) is 0 Å². The van der Waals surface area contributed by atoms with Gasteiger partial charge in [0.25, 0.3) is 11.1 Å². The van der Waals surface area contributed by atoms with Crippen LogP contribution in [0.2, 0.25) is 0 Å². The van der Waals surface area contributed by atoms with Gasteiger partial charge in [0, 0.05) is 47.3 Å². The molecule has 182 valence electrons. The lowest BCUT2D eigenvalue weighted by Gasteiger charge is -2.12. The van der Waals surface area contributed by atoms with E-state index in [0.29, 0.717) is 31.0 Å². The van der Waals surface area contributed by atoms with Gasteiger partial charge in [0.1, 0.15) is 6.54 Å². The first-order chi connectivity index (χ1) is 17.0. The number of hydrogen-bond acceptors (Lipinski definition) is 5. The molecule has 3 amide bonds. The fourth-order valence-electron chi connectivity index (χ4n) is 3.97. The number of nitrogens with one attached hydrogen (secondary N) is 1. The highest BCUT2D eigenvalue weighted by molar-refractivity contribution is 9.10. The van der Waals surface area contributed by atoms with Crippen molar-refractivity contribution in [3.05, 3.63) is 75.2 Å². The molecule has 1 aliphatic heterocycles. The summed E-state index contributed by atoms with van der Waals surface area (Å²) in [6, 6.07) is 15.8. The SMILES string of the molecule is COCCNC(=O)Cn1cc(/C=C2\SC(=O)N(CCCc3ccccc3)C2=O)c2cc(Br)ccc21. The minimum absolute atomic E-state index is 0.132. The second-order valence-corrected chi connectivity index (χ2v) is 10.0. The van der Waals surface area contributed by atoms with Gasteiger partial charge in [-0.3, -0.25) is 19.3 Å². The summed E-state index contributed by atoms with van der Waals surface area (Å²) in [5.41, 5.74) is 2.82. The summed E-state index contributed by atoms with van der Waals surface area (Å²) in [5, 5.41) is 3.46. The lowest BCUT2D eigenvalue weighted by atomic mass is 10.1. The molecule has 3 aromatic rings. The Morgan fingerprint density at radius 3 is 2.74 bits per heavy atom. The molecular formula is C26H26BrN3O4S. The minimum Gasteiger partial charge on any atom is -0.383 e. The highest BCUT2D eigenvalue weighted by Crippen LogP contribution is 2.35. The van der Waals surface area contributed by atoms with Gasteiger partial charge in [0.2, 0.25) is 5.91 Å². The van der Waals surface area contributed by atoms with Crippen molar-refractivity contribution in [1.82, 2.24) is 14.8 Å². The number of thioether (sulfide) groups is 1. The van der Waals surface area contributed by atoms with Crippen LogP contribution in [0.1, 0.15) is 17.5 Å². The van der Waals surface area contributed by atoms with Crippen LogP contribution in [0.3, 0.4) is 0 Å². The van der Waals surface area contributed by atoms with Crippen molar-refractivity contribution in [3.8, 4) is 0 Å². The third-order valence-corrected chi connectivity index (χ3v) is 7.07. The molecule has 0 unspecified atom stereocenters. The molecule has 2 heterocycles. The average Bonchev–Trinajstić information content (AvgIpc) is 3.30. The van der Waals surface area contributed by atoms with Crippen LogP contribution in [-0.4, -0.2) is 53.3 Å². The first kappa shape index (κ1) is 25.2. The van der Waals surface area contributed by atoms with Gasteiger partial charge < -0.3 is 14.6 Å². The van der Waals surface area contributed by atoms with E-state index in [1.165, 1.54) is 10.5 Å². The van der Waals surface area contributed by atoms with Crippen LogP contribution < -0.4 is 5.32 Å². The van der Waals surface area contributed by atoms with E-state index in [4.69, 9.17) is 4.74 Å². The number of benzene rings is 2. The summed E-state index contributed by atoms with van der Waals surface area (Å²) < 4.78 is 7.71. The number of fused-ring (bicyclic) bond motifs is 1. The van der Waals surface area contributed by atoms with Crippen molar-refractivity contribution in [2.75, 3.05) is 26.8 Å².